The molecule has 1 aliphatic rings. The number of methoxy groups -OCH3 is 1. The summed E-state index contributed by atoms with van der Waals surface area (Å²) in [6.07, 6.45) is 2.89. The molecule has 2 aromatic rings. The molecule has 1 aromatic carbocycles. The fourth-order valence-corrected chi connectivity index (χ4v) is 3.50. The minimum atomic E-state index is -1.03. The zero-order chi connectivity index (χ0) is 19.4. The standard InChI is InChI=1S/C21H24N2O4/c1-14-18(21(25)26)7-8-19(22-14)20(24)23-11-9-16(10-12-23)13-15-3-5-17(27-2)6-4-15/h3-8,16H,9-13H2,1-2H3,(H,25,26). The van der Waals surface area contributed by atoms with Crippen LogP contribution in [0.2, 0.25) is 0 Å². The van der Waals surface area contributed by atoms with E-state index >= 15 is 0 Å². The molecule has 2 heterocycles. The van der Waals surface area contributed by atoms with E-state index in [1.807, 2.05) is 17.0 Å². The van der Waals surface area contributed by atoms with Crippen molar-refractivity contribution in [2.75, 3.05) is 20.2 Å². The van der Waals surface area contributed by atoms with Crippen LogP contribution in [0.5, 0.6) is 5.75 Å². The van der Waals surface area contributed by atoms with Gasteiger partial charge in [-0.2, -0.15) is 0 Å². The summed E-state index contributed by atoms with van der Waals surface area (Å²) in [6, 6.07) is 11.1. The second kappa shape index (κ2) is 8.20. The number of ether oxygens (including phenoxy) is 1. The first-order valence-corrected chi connectivity index (χ1v) is 9.11. The summed E-state index contributed by atoms with van der Waals surface area (Å²) in [6.45, 7) is 3.00. The molecule has 6 nitrogen and oxygen atoms in total. The fraction of sp³-hybridized carbons (Fsp3) is 0.381. The first-order chi connectivity index (χ1) is 13.0. The number of carboxylic acids is 1. The van der Waals surface area contributed by atoms with Gasteiger partial charge in [-0.25, -0.2) is 9.78 Å². The third-order valence-corrected chi connectivity index (χ3v) is 5.12. The molecule has 1 amide bonds. The number of pyridine rings is 1. The van der Waals surface area contributed by atoms with Crippen LogP contribution in [-0.2, 0) is 6.42 Å². The molecule has 6 heteroatoms. The monoisotopic (exact) mass is 368 g/mol. The lowest BCUT2D eigenvalue weighted by Gasteiger charge is -2.32. The fourth-order valence-electron chi connectivity index (χ4n) is 3.50. The summed E-state index contributed by atoms with van der Waals surface area (Å²) in [7, 11) is 1.66. The van der Waals surface area contributed by atoms with E-state index in [2.05, 4.69) is 17.1 Å². The van der Waals surface area contributed by atoms with E-state index in [1.165, 1.54) is 17.7 Å². The topological polar surface area (TPSA) is 79.7 Å². The molecule has 3 rings (SSSR count). The lowest BCUT2D eigenvalue weighted by atomic mass is 9.90. The molecule has 0 atom stereocenters. The van der Waals surface area contributed by atoms with E-state index in [-0.39, 0.29) is 11.5 Å². The van der Waals surface area contributed by atoms with Crippen LogP contribution < -0.4 is 4.74 Å². The average Bonchev–Trinajstić information content (AvgIpc) is 2.68. The van der Waals surface area contributed by atoms with Gasteiger partial charge in [0.25, 0.3) is 5.91 Å². The molecule has 1 saturated heterocycles. The molecule has 1 N–H and O–H groups in total. The smallest absolute Gasteiger partial charge is 0.337 e. The van der Waals surface area contributed by atoms with Crippen LogP contribution in [0, 0.1) is 12.8 Å². The van der Waals surface area contributed by atoms with Crippen molar-refractivity contribution >= 4 is 11.9 Å². The number of hydrogen-bond acceptors (Lipinski definition) is 4. The Hall–Kier alpha value is -2.89. The number of nitrogens with zero attached hydrogens (tertiary/aromatic N) is 2. The number of aromatic nitrogens is 1. The summed E-state index contributed by atoms with van der Waals surface area (Å²) in [5.41, 5.74) is 2.08. The highest BCUT2D eigenvalue weighted by Gasteiger charge is 2.25. The van der Waals surface area contributed by atoms with Gasteiger partial charge in [-0.05, 0) is 61.9 Å². The zero-order valence-corrected chi connectivity index (χ0v) is 15.6. The zero-order valence-electron chi connectivity index (χ0n) is 15.6. The average molecular weight is 368 g/mol. The quantitative estimate of drug-likeness (QED) is 0.877. The SMILES string of the molecule is COc1ccc(CC2CCN(C(=O)c3ccc(C(=O)O)c(C)n3)CC2)cc1. The number of piperidine rings is 1. The molecule has 27 heavy (non-hydrogen) atoms. The van der Waals surface area contributed by atoms with Gasteiger partial charge in [-0.15, -0.1) is 0 Å². The lowest BCUT2D eigenvalue weighted by molar-refractivity contribution is 0.0673. The number of rotatable bonds is 5. The second-order valence-corrected chi connectivity index (χ2v) is 6.92. The van der Waals surface area contributed by atoms with Crippen LogP contribution in [0.4, 0.5) is 0 Å². The van der Waals surface area contributed by atoms with E-state index in [4.69, 9.17) is 9.84 Å². The van der Waals surface area contributed by atoms with Gasteiger partial charge in [-0.3, -0.25) is 4.79 Å². The van der Waals surface area contributed by atoms with Gasteiger partial charge >= 0.3 is 5.97 Å². The number of carbonyl (C=O) groups excluding carboxylic acids is 1. The number of aromatic carboxylic acids is 1. The summed E-state index contributed by atoms with van der Waals surface area (Å²) in [4.78, 5) is 29.8. The second-order valence-electron chi connectivity index (χ2n) is 6.92. The molecule has 142 valence electrons. The number of carbonyl (C=O) groups is 2. The first kappa shape index (κ1) is 18.9. The maximum atomic E-state index is 12.7. The van der Waals surface area contributed by atoms with Crippen molar-refractivity contribution in [3.63, 3.8) is 0 Å². The Morgan fingerprint density at radius 1 is 1.15 bits per heavy atom. The summed E-state index contributed by atoms with van der Waals surface area (Å²) in [5.74, 6) is 0.249. The Balaban J connectivity index is 1.57. The number of carboxylic acid groups (broad SMARTS) is 1. The van der Waals surface area contributed by atoms with Crippen molar-refractivity contribution in [1.29, 1.82) is 0 Å². The molecule has 0 saturated carbocycles. The molecule has 0 radical (unpaired) electrons. The van der Waals surface area contributed by atoms with Gasteiger partial charge in [0.05, 0.1) is 18.4 Å². The van der Waals surface area contributed by atoms with E-state index in [0.717, 1.165) is 25.0 Å². The van der Waals surface area contributed by atoms with Crippen molar-refractivity contribution in [2.45, 2.75) is 26.2 Å². The Labute approximate surface area is 158 Å². The molecule has 1 aliphatic heterocycles. The predicted octanol–water partition coefficient (Wildman–Crippen LogP) is 3.19. The maximum Gasteiger partial charge on any atom is 0.337 e. The minimum Gasteiger partial charge on any atom is -0.497 e. The van der Waals surface area contributed by atoms with Crippen LogP contribution >= 0.6 is 0 Å². The van der Waals surface area contributed by atoms with Crippen molar-refractivity contribution in [1.82, 2.24) is 9.88 Å². The lowest BCUT2D eigenvalue weighted by Crippen LogP contribution is -2.39. The Morgan fingerprint density at radius 2 is 1.81 bits per heavy atom. The van der Waals surface area contributed by atoms with Gasteiger partial charge in [0.1, 0.15) is 11.4 Å². The third kappa shape index (κ3) is 4.45. The first-order valence-electron chi connectivity index (χ1n) is 9.11. The summed E-state index contributed by atoms with van der Waals surface area (Å²) in [5, 5.41) is 9.08. The highest BCUT2D eigenvalue weighted by Crippen LogP contribution is 2.24. The third-order valence-electron chi connectivity index (χ3n) is 5.12. The van der Waals surface area contributed by atoms with E-state index in [9.17, 15) is 9.59 Å². The highest BCUT2D eigenvalue weighted by atomic mass is 16.5. The van der Waals surface area contributed by atoms with Crippen molar-refractivity contribution in [2.24, 2.45) is 5.92 Å². The molecule has 0 bridgehead atoms. The number of benzene rings is 1. The summed E-state index contributed by atoms with van der Waals surface area (Å²) >= 11 is 0. The predicted molar refractivity (Wildman–Crippen MR) is 101 cm³/mol. The van der Waals surface area contributed by atoms with Gasteiger partial charge in [-0.1, -0.05) is 12.1 Å². The Bertz CT molecular complexity index is 825. The molecular weight excluding hydrogens is 344 g/mol. The maximum absolute atomic E-state index is 12.7. The highest BCUT2D eigenvalue weighted by molar-refractivity contribution is 5.94. The van der Waals surface area contributed by atoms with Crippen LogP contribution in [0.1, 0.15) is 44.9 Å². The molecular formula is C21H24N2O4. The van der Waals surface area contributed by atoms with Crippen molar-refractivity contribution < 1.29 is 19.4 Å². The molecule has 0 unspecified atom stereocenters. The van der Waals surface area contributed by atoms with Gasteiger partial charge in [0.2, 0.25) is 0 Å². The van der Waals surface area contributed by atoms with E-state index in [0.29, 0.717) is 30.4 Å². The van der Waals surface area contributed by atoms with Crippen LogP contribution in [0.3, 0.4) is 0 Å². The number of likely N-dealkylation sites (tertiary alicyclic amines) is 1. The molecule has 0 spiro atoms. The normalized spacial score (nSPS) is 14.8. The number of hydrogen-bond donors (Lipinski definition) is 1. The van der Waals surface area contributed by atoms with Gasteiger partial charge < -0.3 is 14.7 Å². The van der Waals surface area contributed by atoms with E-state index < -0.39 is 5.97 Å². The summed E-state index contributed by atoms with van der Waals surface area (Å²) < 4.78 is 5.19. The van der Waals surface area contributed by atoms with Crippen LogP contribution in [-0.4, -0.2) is 47.1 Å². The number of aryl methyl sites for hydroxylation is 1. The molecule has 0 aliphatic carbocycles. The molecule has 1 aromatic heterocycles. The Morgan fingerprint density at radius 3 is 2.37 bits per heavy atom. The number of amides is 1. The van der Waals surface area contributed by atoms with Gasteiger partial charge in [0.15, 0.2) is 0 Å². The van der Waals surface area contributed by atoms with Gasteiger partial charge in [0, 0.05) is 13.1 Å². The largest absolute Gasteiger partial charge is 0.497 e. The van der Waals surface area contributed by atoms with E-state index in [1.54, 1.807) is 14.0 Å². The van der Waals surface area contributed by atoms with Crippen molar-refractivity contribution in [3.8, 4) is 5.75 Å². The molecule has 1 fully saturated rings. The van der Waals surface area contributed by atoms with Crippen LogP contribution in [0.25, 0.3) is 0 Å². The Kier molecular flexibility index (Phi) is 5.74. The van der Waals surface area contributed by atoms with Crippen LogP contribution in [0.15, 0.2) is 36.4 Å². The van der Waals surface area contributed by atoms with Crippen molar-refractivity contribution in [3.05, 3.63) is 58.9 Å². The minimum absolute atomic E-state index is 0.127.